The Morgan fingerprint density at radius 3 is 2.50 bits per heavy atom. The molecule has 1 fully saturated rings. The lowest BCUT2D eigenvalue weighted by Crippen LogP contribution is -2.49. The molecule has 1 amide bonds. The van der Waals surface area contributed by atoms with Gasteiger partial charge in [0.25, 0.3) is 0 Å². The van der Waals surface area contributed by atoms with Crippen LogP contribution >= 0.6 is 0 Å². The zero-order chi connectivity index (χ0) is 12.0. The zero-order valence-corrected chi connectivity index (χ0v) is 10.3. The maximum absolute atomic E-state index is 11.4. The SMILES string of the molecule is CCOC(=O)N1CCN(CCC(C)N)CC1. The van der Waals surface area contributed by atoms with E-state index in [1.54, 1.807) is 4.90 Å². The second kappa shape index (κ2) is 6.70. The summed E-state index contributed by atoms with van der Waals surface area (Å²) in [6, 6.07) is 0.253. The van der Waals surface area contributed by atoms with Crippen molar-refractivity contribution in [3.63, 3.8) is 0 Å². The van der Waals surface area contributed by atoms with Crippen LogP contribution in [0.4, 0.5) is 4.79 Å². The third kappa shape index (κ3) is 4.37. The average Bonchev–Trinajstić information content (AvgIpc) is 2.27. The third-order valence-corrected chi connectivity index (χ3v) is 2.80. The fourth-order valence-electron chi connectivity index (χ4n) is 1.76. The van der Waals surface area contributed by atoms with Crippen molar-refractivity contribution in [3.8, 4) is 0 Å². The Hall–Kier alpha value is -0.810. The number of nitrogens with zero attached hydrogens (tertiary/aromatic N) is 2. The van der Waals surface area contributed by atoms with E-state index in [2.05, 4.69) is 4.90 Å². The molecule has 16 heavy (non-hydrogen) atoms. The van der Waals surface area contributed by atoms with E-state index < -0.39 is 0 Å². The number of amides is 1. The topological polar surface area (TPSA) is 58.8 Å². The molecule has 0 spiro atoms. The lowest BCUT2D eigenvalue weighted by molar-refractivity contribution is 0.0790. The predicted molar refractivity (Wildman–Crippen MR) is 63.3 cm³/mol. The van der Waals surface area contributed by atoms with Crippen LogP contribution in [-0.2, 0) is 4.74 Å². The molecule has 0 radical (unpaired) electrons. The summed E-state index contributed by atoms with van der Waals surface area (Å²) in [5, 5.41) is 0. The molecule has 0 bridgehead atoms. The van der Waals surface area contributed by atoms with Gasteiger partial charge in [0.2, 0.25) is 0 Å². The van der Waals surface area contributed by atoms with Crippen LogP contribution in [0, 0.1) is 0 Å². The molecule has 1 aliphatic heterocycles. The number of piperazine rings is 1. The van der Waals surface area contributed by atoms with E-state index in [-0.39, 0.29) is 12.1 Å². The second-order valence-electron chi connectivity index (χ2n) is 4.29. The first-order valence-electron chi connectivity index (χ1n) is 6.03. The molecule has 1 rings (SSSR count). The van der Waals surface area contributed by atoms with E-state index in [1.165, 1.54) is 0 Å². The first kappa shape index (κ1) is 13.3. The number of rotatable bonds is 4. The minimum Gasteiger partial charge on any atom is -0.450 e. The molecule has 1 saturated heterocycles. The van der Waals surface area contributed by atoms with Crippen LogP contribution in [0.25, 0.3) is 0 Å². The molecular weight excluding hydrogens is 206 g/mol. The molecule has 2 N–H and O–H groups in total. The molecule has 1 aliphatic rings. The highest BCUT2D eigenvalue weighted by Gasteiger charge is 2.21. The van der Waals surface area contributed by atoms with Crippen molar-refractivity contribution in [1.82, 2.24) is 9.80 Å². The summed E-state index contributed by atoms with van der Waals surface area (Å²) in [7, 11) is 0. The van der Waals surface area contributed by atoms with E-state index in [9.17, 15) is 4.79 Å². The number of carbonyl (C=O) groups is 1. The number of carbonyl (C=O) groups excluding carboxylic acids is 1. The summed E-state index contributed by atoms with van der Waals surface area (Å²) in [6.45, 7) is 8.69. The normalized spacial score (nSPS) is 19.6. The van der Waals surface area contributed by atoms with Crippen LogP contribution in [-0.4, -0.2) is 61.3 Å². The summed E-state index contributed by atoms with van der Waals surface area (Å²) in [6.07, 6.45) is 0.828. The van der Waals surface area contributed by atoms with Gasteiger partial charge in [-0.2, -0.15) is 0 Å². The van der Waals surface area contributed by atoms with E-state index in [4.69, 9.17) is 10.5 Å². The predicted octanol–water partition coefficient (Wildman–Crippen LogP) is 0.498. The van der Waals surface area contributed by atoms with Crippen molar-refractivity contribution in [1.29, 1.82) is 0 Å². The summed E-state index contributed by atoms with van der Waals surface area (Å²) in [5.74, 6) is 0. The van der Waals surface area contributed by atoms with Gasteiger partial charge in [0.1, 0.15) is 0 Å². The fourth-order valence-corrected chi connectivity index (χ4v) is 1.76. The minimum absolute atomic E-state index is 0.186. The Bertz CT molecular complexity index is 213. The fraction of sp³-hybridized carbons (Fsp3) is 0.909. The van der Waals surface area contributed by atoms with Crippen molar-refractivity contribution in [2.75, 3.05) is 39.3 Å². The smallest absolute Gasteiger partial charge is 0.409 e. The molecule has 0 saturated carbocycles. The molecule has 0 aromatic rings. The molecule has 0 aliphatic carbocycles. The van der Waals surface area contributed by atoms with Gasteiger partial charge in [0, 0.05) is 32.2 Å². The van der Waals surface area contributed by atoms with Gasteiger partial charge in [-0.1, -0.05) is 0 Å². The highest BCUT2D eigenvalue weighted by molar-refractivity contribution is 5.67. The van der Waals surface area contributed by atoms with Crippen molar-refractivity contribution >= 4 is 6.09 Å². The Kier molecular flexibility index (Phi) is 5.55. The maximum atomic E-state index is 11.4. The standard InChI is InChI=1S/C11H23N3O2/c1-3-16-11(15)14-8-6-13(7-9-14)5-4-10(2)12/h10H,3-9,12H2,1-2H3. The highest BCUT2D eigenvalue weighted by atomic mass is 16.6. The van der Waals surface area contributed by atoms with Crippen LogP contribution in [0.3, 0.4) is 0 Å². The van der Waals surface area contributed by atoms with Crippen LogP contribution < -0.4 is 5.73 Å². The second-order valence-corrected chi connectivity index (χ2v) is 4.29. The van der Waals surface area contributed by atoms with Gasteiger partial charge in [-0.25, -0.2) is 4.79 Å². The largest absolute Gasteiger partial charge is 0.450 e. The Morgan fingerprint density at radius 2 is 2.00 bits per heavy atom. The molecule has 94 valence electrons. The summed E-state index contributed by atoms with van der Waals surface area (Å²) >= 11 is 0. The molecule has 1 heterocycles. The third-order valence-electron chi connectivity index (χ3n) is 2.80. The van der Waals surface area contributed by atoms with Gasteiger partial charge in [0.05, 0.1) is 6.61 Å². The number of nitrogens with two attached hydrogens (primary N) is 1. The minimum atomic E-state index is -0.186. The summed E-state index contributed by atoms with van der Waals surface area (Å²) < 4.78 is 4.96. The molecule has 5 nitrogen and oxygen atoms in total. The van der Waals surface area contributed by atoms with E-state index in [0.29, 0.717) is 6.61 Å². The number of hydrogen-bond donors (Lipinski definition) is 1. The quantitative estimate of drug-likeness (QED) is 0.762. The van der Waals surface area contributed by atoms with Crippen LogP contribution in [0.15, 0.2) is 0 Å². The lowest BCUT2D eigenvalue weighted by atomic mass is 10.2. The first-order chi connectivity index (χ1) is 7.63. The first-order valence-corrected chi connectivity index (χ1v) is 6.03. The Morgan fingerprint density at radius 1 is 1.38 bits per heavy atom. The van der Waals surface area contributed by atoms with Crippen molar-refractivity contribution in [2.24, 2.45) is 5.73 Å². The zero-order valence-electron chi connectivity index (χ0n) is 10.3. The van der Waals surface area contributed by atoms with Gasteiger partial charge in [-0.15, -0.1) is 0 Å². The van der Waals surface area contributed by atoms with Crippen molar-refractivity contribution < 1.29 is 9.53 Å². The molecule has 1 unspecified atom stereocenters. The summed E-state index contributed by atoms with van der Waals surface area (Å²) in [5.41, 5.74) is 5.71. The summed E-state index contributed by atoms with van der Waals surface area (Å²) in [4.78, 5) is 15.6. The van der Waals surface area contributed by atoms with Gasteiger partial charge >= 0.3 is 6.09 Å². The number of ether oxygens (including phenoxy) is 1. The monoisotopic (exact) mass is 229 g/mol. The van der Waals surface area contributed by atoms with Gasteiger partial charge < -0.3 is 15.4 Å². The lowest BCUT2D eigenvalue weighted by Gasteiger charge is -2.34. The van der Waals surface area contributed by atoms with Crippen LogP contribution in [0.2, 0.25) is 0 Å². The van der Waals surface area contributed by atoms with Gasteiger partial charge in [-0.05, 0) is 26.8 Å². The van der Waals surface area contributed by atoms with Gasteiger partial charge in [0.15, 0.2) is 0 Å². The van der Waals surface area contributed by atoms with Crippen LogP contribution in [0.1, 0.15) is 20.3 Å². The van der Waals surface area contributed by atoms with Crippen molar-refractivity contribution in [2.45, 2.75) is 26.3 Å². The van der Waals surface area contributed by atoms with Crippen molar-refractivity contribution in [3.05, 3.63) is 0 Å². The van der Waals surface area contributed by atoms with Gasteiger partial charge in [-0.3, -0.25) is 4.90 Å². The average molecular weight is 229 g/mol. The Labute approximate surface area is 97.5 Å². The Balaban J connectivity index is 2.20. The molecule has 0 aromatic carbocycles. The molecule has 5 heteroatoms. The van der Waals surface area contributed by atoms with E-state index >= 15 is 0 Å². The maximum Gasteiger partial charge on any atom is 0.409 e. The molecule has 1 atom stereocenters. The molecule has 0 aromatic heterocycles. The van der Waals surface area contributed by atoms with E-state index in [0.717, 1.165) is 39.1 Å². The molecular formula is C11H23N3O2. The van der Waals surface area contributed by atoms with Crippen LogP contribution in [0.5, 0.6) is 0 Å². The number of hydrogen-bond acceptors (Lipinski definition) is 4. The van der Waals surface area contributed by atoms with E-state index in [1.807, 2.05) is 13.8 Å². The highest BCUT2D eigenvalue weighted by Crippen LogP contribution is 2.04.